The first-order valence-corrected chi connectivity index (χ1v) is 10.1. The molecule has 1 aromatic heterocycles. The second-order valence-electron chi connectivity index (χ2n) is 6.97. The number of nitrogens with zero attached hydrogens (tertiary/aromatic N) is 1. The van der Waals surface area contributed by atoms with Crippen LogP contribution >= 0.6 is 0 Å². The third kappa shape index (κ3) is 9.29. The number of H-pyrrole nitrogens is 1. The summed E-state index contributed by atoms with van der Waals surface area (Å²) in [5, 5.41) is 15.6. The van der Waals surface area contributed by atoms with Gasteiger partial charge in [-0.1, -0.05) is 42.5 Å². The van der Waals surface area contributed by atoms with Gasteiger partial charge in [0.1, 0.15) is 6.10 Å². The number of nitrogens with one attached hydrogen (secondary N) is 1. The lowest BCUT2D eigenvalue weighted by Crippen LogP contribution is -2.10. The topological polar surface area (TPSA) is 113 Å². The number of imidazole rings is 1. The van der Waals surface area contributed by atoms with Gasteiger partial charge in [0.15, 0.2) is 0 Å². The molecular weight excluding hydrogens is 453 g/mol. The molecule has 0 saturated heterocycles. The molecule has 0 saturated carbocycles. The normalized spacial score (nSPS) is 12.1. The summed E-state index contributed by atoms with van der Waals surface area (Å²) in [6, 6.07) is 14.7. The van der Waals surface area contributed by atoms with Crippen molar-refractivity contribution in [3.05, 3.63) is 102 Å². The van der Waals surface area contributed by atoms with Crippen molar-refractivity contribution < 1.29 is 37.7 Å². The molecule has 2 aromatic carbocycles. The van der Waals surface area contributed by atoms with E-state index in [0.29, 0.717) is 24.3 Å². The van der Waals surface area contributed by atoms with E-state index in [9.17, 15) is 22.8 Å². The van der Waals surface area contributed by atoms with Crippen molar-refractivity contribution in [2.24, 2.45) is 0 Å². The molecule has 7 nitrogen and oxygen atoms in total. The summed E-state index contributed by atoms with van der Waals surface area (Å²) in [5.74, 6) is -2.51. The lowest BCUT2D eigenvalue weighted by molar-refractivity contribution is -0.137. The van der Waals surface area contributed by atoms with Crippen molar-refractivity contribution in [3.8, 4) is 0 Å². The molecule has 0 bridgehead atoms. The van der Waals surface area contributed by atoms with E-state index in [4.69, 9.17) is 14.9 Å². The maximum atomic E-state index is 12.8. The van der Waals surface area contributed by atoms with Gasteiger partial charge in [0.05, 0.1) is 11.9 Å². The van der Waals surface area contributed by atoms with Crippen LogP contribution in [0.2, 0.25) is 0 Å². The Morgan fingerprint density at radius 2 is 1.56 bits per heavy atom. The minimum Gasteiger partial charge on any atom is -0.478 e. The van der Waals surface area contributed by atoms with E-state index in [1.165, 1.54) is 12.1 Å². The van der Waals surface area contributed by atoms with Crippen molar-refractivity contribution in [2.75, 3.05) is 6.61 Å². The predicted molar refractivity (Wildman–Crippen MR) is 117 cm³/mol. The monoisotopic (exact) mass is 476 g/mol. The zero-order chi connectivity index (χ0) is 25.0. The van der Waals surface area contributed by atoms with Crippen LogP contribution < -0.4 is 0 Å². The molecular formula is C24H23F3N2O5. The van der Waals surface area contributed by atoms with Crippen molar-refractivity contribution in [3.63, 3.8) is 0 Å². The van der Waals surface area contributed by atoms with E-state index in [0.717, 1.165) is 36.2 Å². The Morgan fingerprint density at radius 3 is 2.06 bits per heavy atom. The molecule has 34 heavy (non-hydrogen) atoms. The third-order valence-electron chi connectivity index (χ3n) is 4.44. The number of carbonyl (C=O) groups is 2. The Kier molecular flexibility index (Phi) is 10.0. The first-order valence-electron chi connectivity index (χ1n) is 10.1. The van der Waals surface area contributed by atoms with Gasteiger partial charge in [0, 0.05) is 30.6 Å². The number of halogens is 3. The van der Waals surface area contributed by atoms with Gasteiger partial charge in [-0.2, -0.15) is 13.2 Å². The van der Waals surface area contributed by atoms with E-state index in [2.05, 4.69) is 9.97 Å². The SMILES string of the molecule is FC(F)(F)c1ccc(C(OCCCc2cnc[nH]2)c2ccccc2)cc1.O=C(O)/C=C\C(=O)O. The summed E-state index contributed by atoms with van der Waals surface area (Å²) in [6.45, 7) is 0.486. The van der Waals surface area contributed by atoms with Gasteiger partial charge >= 0.3 is 18.1 Å². The summed E-state index contributed by atoms with van der Waals surface area (Å²) >= 11 is 0. The lowest BCUT2D eigenvalue weighted by atomic mass is 10.00. The Bertz CT molecular complexity index is 1030. The second kappa shape index (κ2) is 12.9. The van der Waals surface area contributed by atoms with Crippen LogP contribution in [0.1, 0.15) is 34.9 Å². The van der Waals surface area contributed by atoms with Crippen LogP contribution in [0.25, 0.3) is 0 Å². The van der Waals surface area contributed by atoms with Crippen LogP contribution in [0.4, 0.5) is 13.2 Å². The quantitative estimate of drug-likeness (QED) is 0.300. The molecule has 0 spiro atoms. The molecule has 0 aliphatic rings. The smallest absolute Gasteiger partial charge is 0.416 e. The maximum Gasteiger partial charge on any atom is 0.416 e. The first-order chi connectivity index (χ1) is 16.2. The molecule has 0 aliphatic carbocycles. The average Bonchev–Trinajstić information content (AvgIpc) is 3.32. The van der Waals surface area contributed by atoms with Gasteiger partial charge in [0.25, 0.3) is 0 Å². The average molecular weight is 476 g/mol. The molecule has 0 radical (unpaired) electrons. The summed E-state index contributed by atoms with van der Waals surface area (Å²) in [4.78, 5) is 26.1. The van der Waals surface area contributed by atoms with Gasteiger partial charge in [-0.15, -0.1) is 0 Å². The molecule has 10 heteroatoms. The highest BCUT2D eigenvalue weighted by Crippen LogP contribution is 2.32. The highest BCUT2D eigenvalue weighted by Gasteiger charge is 2.30. The van der Waals surface area contributed by atoms with Crippen LogP contribution in [0.5, 0.6) is 0 Å². The Morgan fingerprint density at radius 1 is 0.971 bits per heavy atom. The van der Waals surface area contributed by atoms with E-state index < -0.39 is 29.8 Å². The number of carboxylic acids is 2. The first kappa shape index (κ1) is 26.3. The Labute approximate surface area is 193 Å². The molecule has 1 heterocycles. The van der Waals surface area contributed by atoms with E-state index in [-0.39, 0.29) is 0 Å². The molecule has 180 valence electrons. The fraction of sp³-hybridized carbons (Fsp3) is 0.208. The van der Waals surface area contributed by atoms with Crippen LogP contribution in [0.15, 0.2) is 79.3 Å². The van der Waals surface area contributed by atoms with Gasteiger partial charge < -0.3 is 19.9 Å². The van der Waals surface area contributed by atoms with Crippen molar-refractivity contribution in [2.45, 2.75) is 25.1 Å². The van der Waals surface area contributed by atoms with Crippen LogP contribution in [0, 0.1) is 0 Å². The number of rotatable bonds is 9. The minimum absolute atomic E-state index is 0.403. The second-order valence-corrected chi connectivity index (χ2v) is 6.97. The largest absolute Gasteiger partial charge is 0.478 e. The van der Waals surface area contributed by atoms with Gasteiger partial charge in [-0.3, -0.25) is 0 Å². The molecule has 3 aromatic rings. The van der Waals surface area contributed by atoms with Gasteiger partial charge in [0.2, 0.25) is 0 Å². The number of alkyl halides is 3. The number of aromatic amines is 1. The minimum atomic E-state index is -4.34. The molecule has 0 aliphatic heterocycles. The van der Waals surface area contributed by atoms with Crippen LogP contribution in [-0.2, 0) is 26.9 Å². The standard InChI is InChI=1S/C20H19F3N2O.C4H4O4/c21-20(22,23)17-10-8-16(9-11-17)19(15-5-2-1-3-6-15)26-12-4-7-18-13-24-14-25-18;5-3(6)1-2-4(7)8/h1-3,5-6,8-11,13-14,19H,4,7,12H2,(H,24,25);1-2H,(H,5,6)(H,7,8)/b;2-1-. The number of aromatic nitrogens is 2. The van der Waals surface area contributed by atoms with Crippen molar-refractivity contribution in [1.82, 2.24) is 9.97 Å². The number of aliphatic carboxylic acids is 2. The Balaban J connectivity index is 0.000000440. The number of aryl methyl sites for hydroxylation is 1. The van der Waals surface area contributed by atoms with Crippen LogP contribution in [-0.4, -0.2) is 38.7 Å². The number of hydrogen-bond acceptors (Lipinski definition) is 4. The Hall–Kier alpha value is -3.92. The maximum absolute atomic E-state index is 12.8. The summed E-state index contributed by atoms with van der Waals surface area (Å²) in [5.41, 5.74) is 1.98. The zero-order valence-corrected chi connectivity index (χ0v) is 17.9. The number of hydrogen-bond donors (Lipinski definition) is 3. The summed E-state index contributed by atoms with van der Waals surface area (Å²) < 4.78 is 44.4. The van der Waals surface area contributed by atoms with E-state index in [1.54, 1.807) is 12.5 Å². The van der Waals surface area contributed by atoms with E-state index in [1.807, 2.05) is 30.3 Å². The molecule has 1 unspecified atom stereocenters. The fourth-order valence-electron chi connectivity index (χ4n) is 2.89. The molecule has 1 atom stereocenters. The predicted octanol–water partition coefficient (Wildman–Crippen LogP) is 4.88. The zero-order valence-electron chi connectivity index (χ0n) is 17.9. The van der Waals surface area contributed by atoms with E-state index >= 15 is 0 Å². The molecule has 3 N–H and O–H groups in total. The molecule has 0 fully saturated rings. The highest BCUT2D eigenvalue weighted by molar-refractivity contribution is 5.89. The molecule has 0 amide bonds. The van der Waals surface area contributed by atoms with Gasteiger partial charge in [-0.05, 0) is 36.1 Å². The fourth-order valence-corrected chi connectivity index (χ4v) is 2.89. The van der Waals surface area contributed by atoms with Crippen molar-refractivity contribution >= 4 is 11.9 Å². The molecule has 3 rings (SSSR count). The lowest BCUT2D eigenvalue weighted by Gasteiger charge is -2.19. The third-order valence-corrected chi connectivity index (χ3v) is 4.44. The van der Waals surface area contributed by atoms with Crippen molar-refractivity contribution in [1.29, 1.82) is 0 Å². The summed E-state index contributed by atoms with van der Waals surface area (Å²) in [7, 11) is 0. The van der Waals surface area contributed by atoms with Gasteiger partial charge in [-0.25, -0.2) is 14.6 Å². The van der Waals surface area contributed by atoms with Crippen LogP contribution in [0.3, 0.4) is 0 Å². The number of ether oxygens (including phenoxy) is 1. The number of benzene rings is 2. The highest BCUT2D eigenvalue weighted by atomic mass is 19.4. The number of carboxylic acid groups (broad SMARTS) is 2. The summed E-state index contributed by atoms with van der Waals surface area (Å²) in [6.07, 6.45) is 1.35.